The molecule has 0 aliphatic carbocycles. The second kappa shape index (κ2) is 4.79. The third kappa shape index (κ3) is 2.60. The summed E-state index contributed by atoms with van der Waals surface area (Å²) in [5, 5.41) is 0. The van der Waals surface area contributed by atoms with Gasteiger partial charge in [0, 0.05) is 5.47 Å². The van der Waals surface area contributed by atoms with Crippen molar-refractivity contribution in [1.29, 1.82) is 0 Å². The number of hydrogen-bond acceptors (Lipinski definition) is 2. The van der Waals surface area contributed by atoms with Gasteiger partial charge in [0.05, 0.1) is 11.2 Å². The van der Waals surface area contributed by atoms with E-state index in [1.165, 1.54) is 0 Å². The Kier molecular flexibility index (Phi) is 4.06. The lowest BCUT2D eigenvalue weighted by atomic mass is 9.76. The molecule has 0 spiro atoms. The summed E-state index contributed by atoms with van der Waals surface area (Å²) < 4.78 is 11.9. The van der Waals surface area contributed by atoms with Gasteiger partial charge in [0.1, 0.15) is 0 Å². The topological polar surface area (TPSA) is 18.5 Å². The minimum Gasteiger partial charge on any atom is -0.399 e. The Labute approximate surface area is 99.9 Å². The second-order valence-corrected chi connectivity index (χ2v) is 5.39. The van der Waals surface area contributed by atoms with Crippen LogP contribution in [0.1, 0.15) is 53.9 Å². The molecular weight excluding hydrogens is 199 g/mol. The summed E-state index contributed by atoms with van der Waals surface area (Å²) in [6.45, 7) is 14.2. The standard InChI is InChI=1S/C13H23BO2/c1-7-9-10-11(8-2)14-15-12(3,4)13(5,6)16-14/h2,7,9-10H2,1,3-6H3. The summed E-state index contributed by atoms with van der Waals surface area (Å²) in [4.78, 5) is 0. The Balaban J connectivity index is 2.74. The third-order valence-corrected chi connectivity index (χ3v) is 3.56. The van der Waals surface area contributed by atoms with E-state index in [9.17, 15) is 0 Å². The molecule has 0 unspecified atom stereocenters. The van der Waals surface area contributed by atoms with Crippen LogP contribution in [0.5, 0.6) is 0 Å². The van der Waals surface area contributed by atoms with Gasteiger partial charge in [0.2, 0.25) is 0 Å². The molecule has 0 amide bonds. The van der Waals surface area contributed by atoms with E-state index >= 15 is 0 Å². The van der Waals surface area contributed by atoms with Crippen molar-refractivity contribution < 1.29 is 9.31 Å². The van der Waals surface area contributed by atoms with Crippen molar-refractivity contribution in [3.63, 3.8) is 0 Å². The van der Waals surface area contributed by atoms with Gasteiger partial charge in [-0.05, 0) is 40.5 Å². The Morgan fingerprint density at radius 1 is 1.19 bits per heavy atom. The zero-order valence-corrected chi connectivity index (χ0v) is 11.2. The van der Waals surface area contributed by atoms with Gasteiger partial charge in [-0.1, -0.05) is 19.9 Å². The quantitative estimate of drug-likeness (QED) is 0.535. The molecule has 3 heteroatoms. The number of rotatable bonds is 4. The minimum atomic E-state index is -0.272. The first-order valence-electron chi connectivity index (χ1n) is 6.08. The van der Waals surface area contributed by atoms with Crippen LogP contribution in [0.4, 0.5) is 0 Å². The highest BCUT2D eigenvalue weighted by atomic mass is 16.7. The molecule has 16 heavy (non-hydrogen) atoms. The van der Waals surface area contributed by atoms with Gasteiger partial charge in [-0.2, -0.15) is 0 Å². The van der Waals surface area contributed by atoms with Crippen molar-refractivity contribution in [3.8, 4) is 0 Å². The summed E-state index contributed by atoms with van der Waals surface area (Å²) in [7, 11) is -0.269. The van der Waals surface area contributed by atoms with E-state index < -0.39 is 0 Å². The summed E-state index contributed by atoms with van der Waals surface area (Å²) in [6, 6.07) is 0. The molecule has 0 radical (unpaired) electrons. The highest BCUT2D eigenvalue weighted by Gasteiger charge is 2.52. The van der Waals surface area contributed by atoms with Gasteiger partial charge in [0.15, 0.2) is 0 Å². The first-order chi connectivity index (χ1) is 7.34. The van der Waals surface area contributed by atoms with E-state index in [2.05, 4.69) is 46.9 Å². The summed E-state index contributed by atoms with van der Waals surface area (Å²) in [5.41, 5.74) is 3.47. The predicted octanol–water partition coefficient (Wildman–Crippen LogP) is 3.52. The normalized spacial score (nSPS) is 21.9. The maximum atomic E-state index is 5.95. The highest BCUT2D eigenvalue weighted by Crippen LogP contribution is 2.38. The van der Waals surface area contributed by atoms with Gasteiger partial charge < -0.3 is 9.31 Å². The SMILES string of the molecule is C=C=C(CCCC)B1OC(C)(C)C(C)(C)O1. The van der Waals surface area contributed by atoms with Crippen LogP contribution in [0.3, 0.4) is 0 Å². The molecule has 0 atom stereocenters. The van der Waals surface area contributed by atoms with Crippen LogP contribution in [0, 0.1) is 0 Å². The van der Waals surface area contributed by atoms with Crippen molar-refractivity contribution in [2.45, 2.75) is 65.1 Å². The van der Waals surface area contributed by atoms with Crippen LogP contribution in [0.25, 0.3) is 0 Å². The second-order valence-electron chi connectivity index (χ2n) is 5.39. The van der Waals surface area contributed by atoms with Gasteiger partial charge in [-0.25, -0.2) is 0 Å². The zero-order chi connectivity index (χ0) is 12.4. The molecule has 0 aromatic heterocycles. The minimum absolute atomic E-state index is 0.269. The lowest BCUT2D eigenvalue weighted by Crippen LogP contribution is -2.41. The molecule has 0 bridgehead atoms. The number of hydrogen-bond donors (Lipinski definition) is 0. The smallest absolute Gasteiger partial charge is 0.399 e. The van der Waals surface area contributed by atoms with E-state index in [0.29, 0.717) is 0 Å². The van der Waals surface area contributed by atoms with E-state index in [1.54, 1.807) is 0 Å². The van der Waals surface area contributed by atoms with Gasteiger partial charge in [0.25, 0.3) is 0 Å². The van der Waals surface area contributed by atoms with Crippen molar-refractivity contribution in [3.05, 3.63) is 17.8 Å². The van der Waals surface area contributed by atoms with E-state index in [0.717, 1.165) is 24.7 Å². The van der Waals surface area contributed by atoms with Crippen molar-refractivity contribution >= 4 is 7.12 Å². The molecule has 0 aromatic rings. The van der Waals surface area contributed by atoms with Crippen LogP contribution in [0.2, 0.25) is 0 Å². The highest BCUT2D eigenvalue weighted by molar-refractivity contribution is 6.54. The van der Waals surface area contributed by atoms with E-state index in [-0.39, 0.29) is 18.3 Å². The molecule has 1 rings (SSSR count). The molecule has 1 heterocycles. The summed E-state index contributed by atoms with van der Waals surface area (Å²) in [5.74, 6) is 0. The van der Waals surface area contributed by atoms with Gasteiger partial charge in [-0.15, -0.1) is 5.73 Å². The van der Waals surface area contributed by atoms with Crippen molar-refractivity contribution in [1.82, 2.24) is 0 Å². The van der Waals surface area contributed by atoms with Gasteiger partial charge in [-0.3, -0.25) is 0 Å². The van der Waals surface area contributed by atoms with Crippen LogP contribution in [-0.2, 0) is 9.31 Å². The van der Waals surface area contributed by atoms with E-state index in [4.69, 9.17) is 9.31 Å². The molecule has 1 saturated heterocycles. The molecular formula is C13H23BO2. The van der Waals surface area contributed by atoms with E-state index in [1.807, 2.05) is 0 Å². The van der Waals surface area contributed by atoms with Crippen LogP contribution >= 0.6 is 0 Å². The average molecular weight is 222 g/mol. The summed E-state index contributed by atoms with van der Waals surface area (Å²) >= 11 is 0. The van der Waals surface area contributed by atoms with Crippen molar-refractivity contribution in [2.24, 2.45) is 0 Å². The fourth-order valence-electron chi connectivity index (χ4n) is 1.64. The molecule has 0 N–H and O–H groups in total. The average Bonchev–Trinajstić information content (AvgIpc) is 2.37. The number of allylic oxidation sites excluding steroid dienone is 1. The van der Waals surface area contributed by atoms with Crippen molar-refractivity contribution in [2.75, 3.05) is 0 Å². The maximum absolute atomic E-state index is 5.95. The molecule has 1 fully saturated rings. The first-order valence-corrected chi connectivity index (χ1v) is 6.08. The number of unbranched alkanes of at least 4 members (excludes halogenated alkanes) is 1. The monoisotopic (exact) mass is 222 g/mol. The Morgan fingerprint density at radius 3 is 2.06 bits per heavy atom. The van der Waals surface area contributed by atoms with Crippen LogP contribution in [0.15, 0.2) is 17.8 Å². The molecule has 1 aliphatic heterocycles. The molecule has 0 saturated carbocycles. The Morgan fingerprint density at radius 2 is 1.69 bits per heavy atom. The lowest BCUT2D eigenvalue weighted by Gasteiger charge is -2.32. The largest absolute Gasteiger partial charge is 0.498 e. The Hall–Kier alpha value is -0.495. The molecule has 0 aromatic carbocycles. The first kappa shape index (κ1) is 13.6. The zero-order valence-electron chi connectivity index (χ0n) is 11.2. The van der Waals surface area contributed by atoms with Crippen LogP contribution < -0.4 is 0 Å². The predicted molar refractivity (Wildman–Crippen MR) is 68.3 cm³/mol. The fraction of sp³-hybridized carbons (Fsp3) is 0.769. The molecule has 90 valence electrons. The Bertz CT molecular complexity index is 285. The lowest BCUT2D eigenvalue weighted by molar-refractivity contribution is 0.00578. The third-order valence-electron chi connectivity index (χ3n) is 3.56. The van der Waals surface area contributed by atoms with Gasteiger partial charge >= 0.3 is 7.12 Å². The fourth-order valence-corrected chi connectivity index (χ4v) is 1.64. The summed E-state index contributed by atoms with van der Waals surface area (Å²) in [6.07, 6.45) is 3.24. The van der Waals surface area contributed by atoms with Crippen LogP contribution in [-0.4, -0.2) is 18.3 Å². The maximum Gasteiger partial charge on any atom is 0.498 e. The molecule has 2 nitrogen and oxygen atoms in total. The molecule has 1 aliphatic rings.